The number of aromatic carboxylic acids is 1. The molecule has 0 unspecified atom stereocenters. The summed E-state index contributed by atoms with van der Waals surface area (Å²) in [4.78, 5) is 77.5. The van der Waals surface area contributed by atoms with Crippen LogP contribution in [0, 0.1) is 17.7 Å². The number of nitrogens with one attached hydrogen (secondary N) is 4. The zero-order chi connectivity index (χ0) is 51.9. The van der Waals surface area contributed by atoms with E-state index in [2.05, 4.69) is 59.3 Å². The number of nitrogens with two attached hydrogens (primary N) is 1. The summed E-state index contributed by atoms with van der Waals surface area (Å²) in [6.45, 7) is 15.3. The van der Waals surface area contributed by atoms with E-state index in [1.807, 2.05) is 42.1 Å². The number of piperazine rings is 1. The van der Waals surface area contributed by atoms with Crippen molar-refractivity contribution in [2.24, 2.45) is 17.6 Å². The van der Waals surface area contributed by atoms with Crippen molar-refractivity contribution in [3.63, 3.8) is 0 Å². The predicted molar refractivity (Wildman–Crippen MR) is 272 cm³/mol. The number of carbonyl (C=O) groups excluding carboxylic acids is 4. The molecule has 72 heavy (non-hydrogen) atoms. The number of hydrogen-bond donors (Lipinski definition) is 6. The van der Waals surface area contributed by atoms with Gasteiger partial charge in [0.2, 0.25) is 17.2 Å². The average molecular weight is 1000 g/mol. The predicted octanol–water partition coefficient (Wildman–Crippen LogP) is 5.62. The van der Waals surface area contributed by atoms with E-state index < -0.39 is 34.9 Å². The van der Waals surface area contributed by atoms with Crippen LogP contribution in [0.4, 0.5) is 25.4 Å². The number of amides is 5. The Labute approximate surface area is 420 Å². The highest BCUT2D eigenvalue weighted by Crippen LogP contribution is 2.28. The number of anilines is 2. The molecule has 3 atom stereocenters. The highest BCUT2D eigenvalue weighted by molar-refractivity contribution is 6.01. The highest BCUT2D eigenvalue weighted by atomic mass is 19.1. The number of halogens is 1. The number of fused-ring (bicyclic) bond motifs is 1. The van der Waals surface area contributed by atoms with Gasteiger partial charge in [-0.2, -0.15) is 0 Å². The summed E-state index contributed by atoms with van der Waals surface area (Å²) in [5.74, 6) is -1.50. The Hall–Kier alpha value is -6.61. The molecule has 0 aliphatic carbocycles. The van der Waals surface area contributed by atoms with Gasteiger partial charge < -0.3 is 51.2 Å². The number of aromatic nitrogens is 4. The van der Waals surface area contributed by atoms with Crippen LogP contribution in [-0.2, 0) is 27.5 Å². The van der Waals surface area contributed by atoms with Crippen molar-refractivity contribution in [1.29, 1.82) is 0 Å². The third kappa shape index (κ3) is 14.7. The van der Waals surface area contributed by atoms with Crippen molar-refractivity contribution in [2.75, 3.05) is 69.1 Å². The Morgan fingerprint density at radius 2 is 1.57 bits per heavy atom. The zero-order valence-corrected chi connectivity index (χ0v) is 42.3. The lowest BCUT2D eigenvalue weighted by molar-refractivity contribution is -0.138. The van der Waals surface area contributed by atoms with Gasteiger partial charge in [-0.25, -0.2) is 23.5 Å². The molecule has 5 amide bonds. The molecule has 2 aliphatic heterocycles. The van der Waals surface area contributed by atoms with Crippen LogP contribution in [0.3, 0.4) is 0 Å². The topological polar surface area (TPSA) is 251 Å². The first-order valence-electron chi connectivity index (χ1n) is 25.4. The monoisotopic (exact) mass is 1000 g/mol. The van der Waals surface area contributed by atoms with Crippen molar-refractivity contribution < 1.29 is 38.2 Å². The van der Waals surface area contributed by atoms with Gasteiger partial charge in [0.15, 0.2) is 0 Å². The summed E-state index contributed by atoms with van der Waals surface area (Å²) in [5.41, 5.74) is 7.36. The van der Waals surface area contributed by atoms with Gasteiger partial charge in [-0.05, 0) is 80.8 Å². The third-order valence-corrected chi connectivity index (χ3v) is 13.6. The number of nitrogens with zero attached hydrogens (tertiary/aromatic N) is 7. The van der Waals surface area contributed by atoms with Gasteiger partial charge in [0.05, 0.1) is 35.2 Å². The van der Waals surface area contributed by atoms with E-state index in [9.17, 15) is 33.9 Å². The van der Waals surface area contributed by atoms with Crippen molar-refractivity contribution in [2.45, 2.75) is 117 Å². The molecule has 21 heteroatoms. The van der Waals surface area contributed by atoms with Gasteiger partial charge in [-0.3, -0.25) is 19.3 Å². The molecule has 4 heterocycles. The van der Waals surface area contributed by atoms with Gasteiger partial charge in [-0.1, -0.05) is 57.9 Å². The summed E-state index contributed by atoms with van der Waals surface area (Å²) < 4.78 is 24.6. The lowest BCUT2D eigenvalue weighted by Gasteiger charge is -2.35. The molecule has 20 nitrogen and oxygen atoms in total. The van der Waals surface area contributed by atoms with E-state index in [-0.39, 0.29) is 66.6 Å². The van der Waals surface area contributed by atoms with Gasteiger partial charge in [0.1, 0.15) is 18.0 Å². The number of benzene rings is 2. The maximum Gasteiger partial charge on any atom is 0.410 e. The number of unbranched alkanes of at least 4 members (excludes halogenated alkanes) is 3. The number of rotatable bonds is 27. The van der Waals surface area contributed by atoms with Crippen LogP contribution in [-0.4, -0.2) is 129 Å². The van der Waals surface area contributed by atoms with Gasteiger partial charge in [-0.15, -0.1) is 5.10 Å². The molecule has 4 aromatic rings. The number of carbonyl (C=O) groups is 5. The van der Waals surface area contributed by atoms with E-state index in [0.717, 1.165) is 61.8 Å². The van der Waals surface area contributed by atoms with E-state index in [4.69, 9.17) is 10.5 Å². The Morgan fingerprint density at radius 1 is 0.861 bits per heavy atom. The molecule has 2 aliphatic rings. The first-order valence-corrected chi connectivity index (χ1v) is 25.4. The summed E-state index contributed by atoms with van der Waals surface area (Å²) >= 11 is 0. The van der Waals surface area contributed by atoms with Crippen molar-refractivity contribution in [1.82, 2.24) is 45.3 Å². The minimum atomic E-state index is -1.37. The number of likely N-dealkylation sites (tertiary alicyclic amines) is 1. The highest BCUT2D eigenvalue weighted by Gasteiger charge is 2.29. The molecule has 0 saturated carbocycles. The molecule has 6 rings (SSSR count). The molecule has 2 aromatic heterocycles. The number of carboxylic acid groups (broad SMARTS) is 1. The SMILES string of the molecule is CCn1cc(C(=O)O)c(=O)c2cc(F)c(N3CCN(C(=O)OCc4ccc(NC[C@@H](CCCNC(N)=O)n5cc([C@@H](NC[C@H](NCCCCCCN6C(=O)CCC6=O)C(C)C)C(C)C)nn5)cc4)CC3)cc21. The summed E-state index contributed by atoms with van der Waals surface area (Å²) in [7, 11) is 0. The smallest absolute Gasteiger partial charge is 0.410 e. The normalized spacial score (nSPS) is 15.4. The summed E-state index contributed by atoms with van der Waals surface area (Å²) in [6, 6.07) is 9.76. The number of aryl methyl sites for hydroxylation is 1. The second-order valence-electron chi connectivity index (χ2n) is 19.4. The lowest BCUT2D eigenvalue weighted by Crippen LogP contribution is -2.49. The molecule has 7 N–H and O–H groups in total. The van der Waals surface area contributed by atoms with E-state index in [1.165, 1.54) is 11.1 Å². The Morgan fingerprint density at radius 3 is 2.22 bits per heavy atom. The minimum Gasteiger partial charge on any atom is -0.477 e. The number of pyridine rings is 1. The Bertz CT molecular complexity index is 2530. The van der Waals surface area contributed by atoms with Crippen LogP contribution in [0.5, 0.6) is 0 Å². The second kappa shape index (κ2) is 26.2. The van der Waals surface area contributed by atoms with Crippen LogP contribution >= 0.6 is 0 Å². The summed E-state index contributed by atoms with van der Waals surface area (Å²) in [5, 5.41) is 32.4. The van der Waals surface area contributed by atoms with Crippen molar-refractivity contribution >= 4 is 52.2 Å². The summed E-state index contributed by atoms with van der Waals surface area (Å²) in [6.07, 6.45) is 8.64. The zero-order valence-electron chi connectivity index (χ0n) is 42.3. The average Bonchev–Trinajstić information content (AvgIpc) is 3.97. The number of primary amides is 1. The molecular weight excluding hydrogens is 928 g/mol. The fourth-order valence-electron chi connectivity index (χ4n) is 9.25. The van der Waals surface area contributed by atoms with E-state index in [0.29, 0.717) is 76.4 Å². The molecule has 2 fully saturated rings. The van der Waals surface area contributed by atoms with Crippen LogP contribution < -0.4 is 37.3 Å². The maximum absolute atomic E-state index is 15.4. The number of urea groups is 1. The van der Waals surface area contributed by atoms with Crippen molar-refractivity contribution in [3.05, 3.63) is 81.7 Å². The fraction of sp³-hybridized carbons (Fsp3) is 0.569. The van der Waals surface area contributed by atoms with Gasteiger partial charge in [0.25, 0.3) is 0 Å². The van der Waals surface area contributed by atoms with E-state index in [1.54, 1.807) is 20.4 Å². The minimum absolute atomic E-state index is 0.00306. The molecule has 392 valence electrons. The van der Waals surface area contributed by atoms with Crippen LogP contribution in [0.25, 0.3) is 10.9 Å². The van der Waals surface area contributed by atoms with E-state index >= 15 is 4.39 Å². The third-order valence-electron chi connectivity index (χ3n) is 13.6. The second-order valence-corrected chi connectivity index (χ2v) is 19.4. The largest absolute Gasteiger partial charge is 0.477 e. The number of hydrogen-bond acceptors (Lipinski definition) is 13. The lowest BCUT2D eigenvalue weighted by atomic mass is 9.99. The number of ether oxygens (including phenoxy) is 1. The maximum atomic E-state index is 15.4. The molecule has 2 aromatic carbocycles. The standard InChI is InChI=1S/C51H73FN12O8/c1-6-60-30-39(49(68)69)48(67)38-26-40(52)44(27-43(38)60)61-22-24-62(25-23-61)51(71)72-32-35-13-15-36(16-14-35)56-28-37(12-11-20-55-50(53)70)64-31-42(58-59-64)47(34(4)5)57-29-41(33(2)3)54-19-9-7-8-10-21-63-45(65)17-18-46(63)66/h13-16,26-27,30-31,33-34,37,41,47,54,56-57H,6-12,17-25,28-29,32H2,1-5H3,(H,68,69)(H3,53,55,70)/t37-,41+,47+/m1/s1. The van der Waals surface area contributed by atoms with Gasteiger partial charge in [0, 0.05) is 95.1 Å². The van der Waals surface area contributed by atoms with Crippen molar-refractivity contribution in [3.8, 4) is 0 Å². The number of carboxylic acids is 1. The molecular formula is C51H73FN12O8. The van der Waals surface area contributed by atoms with Crippen LogP contribution in [0.1, 0.15) is 120 Å². The van der Waals surface area contributed by atoms with Crippen LogP contribution in [0.2, 0.25) is 0 Å². The Kier molecular flexibility index (Phi) is 19.9. The first kappa shape index (κ1) is 54.7. The molecule has 0 bridgehead atoms. The van der Waals surface area contributed by atoms with Crippen LogP contribution in [0.15, 0.2) is 53.6 Å². The molecule has 0 spiro atoms. The molecule has 0 radical (unpaired) electrons. The fourth-order valence-corrected chi connectivity index (χ4v) is 9.25. The molecule has 2 saturated heterocycles. The van der Waals surface area contributed by atoms with Gasteiger partial charge >= 0.3 is 18.1 Å². The first-order chi connectivity index (χ1) is 34.5. The number of imide groups is 1. The quantitative estimate of drug-likeness (QED) is 0.0314. The Balaban J connectivity index is 0.974.